The number of aryl methyl sites for hydroxylation is 1. The largest absolute Gasteiger partial charge is 0.411 e. The summed E-state index contributed by atoms with van der Waals surface area (Å²) >= 11 is 0. The summed E-state index contributed by atoms with van der Waals surface area (Å²) in [5, 5.41) is 7.39. The highest BCUT2D eigenvalue weighted by atomic mass is 19.4. The average Bonchev–Trinajstić information content (AvgIpc) is 2.75. The van der Waals surface area contributed by atoms with Crippen molar-refractivity contribution in [2.45, 2.75) is 39.0 Å². The minimum atomic E-state index is -4.25. The lowest BCUT2D eigenvalue weighted by molar-refractivity contribution is -0.174. The SMILES string of the molecule is CCCNCc1cnn(CCCOCC(F)(F)F)c1. The van der Waals surface area contributed by atoms with Crippen LogP contribution in [0, 0.1) is 0 Å². The number of aromatic nitrogens is 2. The number of alkyl halides is 3. The Morgan fingerprint density at radius 1 is 1.42 bits per heavy atom. The zero-order valence-corrected chi connectivity index (χ0v) is 11.0. The van der Waals surface area contributed by atoms with Crippen LogP contribution >= 0.6 is 0 Å². The van der Waals surface area contributed by atoms with Crippen molar-refractivity contribution in [3.8, 4) is 0 Å². The van der Waals surface area contributed by atoms with Gasteiger partial charge in [-0.1, -0.05) is 6.92 Å². The Kier molecular flexibility index (Phi) is 6.86. The molecule has 0 bridgehead atoms. The molecule has 0 aliphatic rings. The Balaban J connectivity index is 2.12. The molecule has 0 amide bonds. The van der Waals surface area contributed by atoms with Gasteiger partial charge in [0.1, 0.15) is 6.61 Å². The number of hydrogen-bond donors (Lipinski definition) is 1. The van der Waals surface area contributed by atoms with E-state index in [1.165, 1.54) is 0 Å². The highest BCUT2D eigenvalue weighted by molar-refractivity contribution is 5.03. The topological polar surface area (TPSA) is 39.1 Å². The number of hydrogen-bond acceptors (Lipinski definition) is 3. The predicted molar refractivity (Wildman–Crippen MR) is 65.7 cm³/mol. The van der Waals surface area contributed by atoms with E-state index >= 15 is 0 Å². The van der Waals surface area contributed by atoms with Crippen molar-refractivity contribution >= 4 is 0 Å². The first kappa shape index (κ1) is 16.0. The fraction of sp³-hybridized carbons (Fsp3) is 0.750. The summed E-state index contributed by atoms with van der Waals surface area (Å²) in [5.74, 6) is 0. The Morgan fingerprint density at radius 3 is 2.89 bits per heavy atom. The molecule has 0 radical (unpaired) electrons. The minimum Gasteiger partial charge on any atom is -0.372 e. The third kappa shape index (κ3) is 7.84. The Morgan fingerprint density at radius 2 is 2.21 bits per heavy atom. The van der Waals surface area contributed by atoms with Crippen molar-refractivity contribution in [2.75, 3.05) is 19.8 Å². The highest BCUT2D eigenvalue weighted by Crippen LogP contribution is 2.14. The molecule has 0 unspecified atom stereocenters. The monoisotopic (exact) mass is 279 g/mol. The maximum Gasteiger partial charge on any atom is 0.411 e. The molecule has 4 nitrogen and oxygen atoms in total. The van der Waals surface area contributed by atoms with E-state index in [0.717, 1.165) is 25.1 Å². The third-order valence-electron chi connectivity index (χ3n) is 2.38. The van der Waals surface area contributed by atoms with Crippen molar-refractivity contribution in [1.82, 2.24) is 15.1 Å². The van der Waals surface area contributed by atoms with E-state index in [9.17, 15) is 13.2 Å². The highest BCUT2D eigenvalue weighted by Gasteiger charge is 2.27. The van der Waals surface area contributed by atoms with E-state index in [1.807, 2.05) is 6.20 Å². The van der Waals surface area contributed by atoms with Crippen LogP contribution in [-0.2, 0) is 17.8 Å². The lowest BCUT2D eigenvalue weighted by Crippen LogP contribution is -2.17. The minimum absolute atomic E-state index is 0.0861. The molecule has 0 spiro atoms. The first-order chi connectivity index (χ1) is 9.01. The van der Waals surface area contributed by atoms with Crippen LogP contribution in [0.25, 0.3) is 0 Å². The smallest absolute Gasteiger partial charge is 0.372 e. The van der Waals surface area contributed by atoms with Gasteiger partial charge in [-0.25, -0.2) is 0 Å². The molecule has 19 heavy (non-hydrogen) atoms. The number of rotatable bonds is 9. The summed E-state index contributed by atoms with van der Waals surface area (Å²) in [4.78, 5) is 0. The Hall–Kier alpha value is -1.08. The predicted octanol–water partition coefficient (Wildman–Crippen LogP) is 2.35. The van der Waals surface area contributed by atoms with Crippen molar-refractivity contribution < 1.29 is 17.9 Å². The molecule has 1 rings (SSSR count). The van der Waals surface area contributed by atoms with Gasteiger partial charge in [-0.2, -0.15) is 18.3 Å². The molecule has 0 fully saturated rings. The molecule has 0 aliphatic heterocycles. The second-order valence-electron chi connectivity index (χ2n) is 4.31. The summed E-state index contributed by atoms with van der Waals surface area (Å²) in [6, 6.07) is 0. The van der Waals surface area contributed by atoms with Crippen LogP contribution in [0.3, 0.4) is 0 Å². The quantitative estimate of drug-likeness (QED) is 0.705. The van der Waals surface area contributed by atoms with Crippen molar-refractivity contribution in [1.29, 1.82) is 0 Å². The molecule has 0 aliphatic carbocycles. The normalized spacial score (nSPS) is 12.0. The molecule has 1 N–H and O–H groups in total. The van der Waals surface area contributed by atoms with E-state index < -0.39 is 12.8 Å². The van der Waals surface area contributed by atoms with Gasteiger partial charge in [0.25, 0.3) is 0 Å². The van der Waals surface area contributed by atoms with Gasteiger partial charge in [-0.3, -0.25) is 4.68 Å². The van der Waals surface area contributed by atoms with E-state index in [2.05, 4.69) is 22.1 Å². The second kappa shape index (κ2) is 8.16. The lowest BCUT2D eigenvalue weighted by atomic mass is 10.3. The molecule has 1 aromatic heterocycles. The molecule has 0 saturated carbocycles. The number of ether oxygens (including phenoxy) is 1. The van der Waals surface area contributed by atoms with E-state index in [0.29, 0.717) is 13.0 Å². The molecule has 1 aromatic rings. The molecule has 1 heterocycles. The molecular weight excluding hydrogens is 259 g/mol. The summed E-state index contributed by atoms with van der Waals surface area (Å²) in [6.45, 7) is 3.28. The standard InChI is InChI=1S/C12H20F3N3O/c1-2-4-16-7-11-8-17-18(9-11)5-3-6-19-10-12(13,14)15/h8-9,16H,2-7,10H2,1H3. The molecule has 7 heteroatoms. The summed E-state index contributed by atoms with van der Waals surface area (Å²) in [6.07, 6.45) is 1.000. The lowest BCUT2D eigenvalue weighted by Gasteiger charge is -2.07. The van der Waals surface area contributed by atoms with Gasteiger partial charge >= 0.3 is 6.18 Å². The summed E-state index contributed by atoms with van der Waals surface area (Å²) in [5.41, 5.74) is 1.07. The maximum absolute atomic E-state index is 11.8. The molecule has 0 saturated heterocycles. The van der Waals surface area contributed by atoms with Gasteiger partial charge in [-0.05, 0) is 19.4 Å². The number of halogens is 3. The van der Waals surface area contributed by atoms with E-state index in [1.54, 1.807) is 10.9 Å². The first-order valence-corrected chi connectivity index (χ1v) is 6.38. The van der Waals surface area contributed by atoms with Crippen LogP contribution in [0.1, 0.15) is 25.3 Å². The van der Waals surface area contributed by atoms with Crippen LogP contribution in [-0.4, -0.2) is 35.7 Å². The zero-order valence-electron chi connectivity index (χ0n) is 11.0. The van der Waals surface area contributed by atoms with Gasteiger partial charge in [-0.15, -0.1) is 0 Å². The van der Waals surface area contributed by atoms with Crippen molar-refractivity contribution in [3.63, 3.8) is 0 Å². The summed E-state index contributed by atoms with van der Waals surface area (Å²) in [7, 11) is 0. The van der Waals surface area contributed by atoms with Crippen molar-refractivity contribution in [3.05, 3.63) is 18.0 Å². The van der Waals surface area contributed by atoms with Crippen LogP contribution in [0.5, 0.6) is 0 Å². The summed E-state index contributed by atoms with van der Waals surface area (Å²) < 4.78 is 41.7. The van der Waals surface area contributed by atoms with Gasteiger partial charge in [0.05, 0.1) is 6.20 Å². The molecular formula is C12H20F3N3O. The average molecular weight is 279 g/mol. The van der Waals surface area contributed by atoms with Gasteiger partial charge in [0, 0.05) is 31.5 Å². The van der Waals surface area contributed by atoms with Crippen LogP contribution in [0.15, 0.2) is 12.4 Å². The second-order valence-corrected chi connectivity index (χ2v) is 4.31. The Labute approximate surface area is 110 Å². The zero-order chi connectivity index (χ0) is 14.1. The number of nitrogens with one attached hydrogen (secondary N) is 1. The van der Waals surface area contributed by atoms with Crippen LogP contribution < -0.4 is 5.32 Å². The Bertz CT molecular complexity index is 352. The fourth-order valence-corrected chi connectivity index (χ4v) is 1.55. The van der Waals surface area contributed by atoms with Gasteiger partial charge in [0.2, 0.25) is 0 Å². The maximum atomic E-state index is 11.8. The molecule has 0 aromatic carbocycles. The van der Waals surface area contributed by atoms with Crippen LogP contribution in [0.4, 0.5) is 13.2 Å². The fourth-order valence-electron chi connectivity index (χ4n) is 1.55. The van der Waals surface area contributed by atoms with Crippen molar-refractivity contribution in [2.24, 2.45) is 0 Å². The van der Waals surface area contributed by atoms with E-state index in [-0.39, 0.29) is 6.61 Å². The molecule has 0 atom stereocenters. The molecule has 110 valence electrons. The van der Waals surface area contributed by atoms with Gasteiger partial charge in [0.15, 0.2) is 0 Å². The van der Waals surface area contributed by atoms with E-state index in [4.69, 9.17) is 0 Å². The van der Waals surface area contributed by atoms with Gasteiger partial charge < -0.3 is 10.1 Å². The number of nitrogens with zero attached hydrogens (tertiary/aromatic N) is 2. The van der Waals surface area contributed by atoms with Crippen LogP contribution in [0.2, 0.25) is 0 Å². The third-order valence-corrected chi connectivity index (χ3v) is 2.38. The first-order valence-electron chi connectivity index (χ1n) is 6.38.